The van der Waals surface area contributed by atoms with Crippen LogP contribution < -0.4 is 11.1 Å². The highest BCUT2D eigenvalue weighted by Crippen LogP contribution is 2.33. The first-order valence-electron chi connectivity index (χ1n) is 7.61. The highest BCUT2D eigenvalue weighted by atomic mass is 79.9. The van der Waals surface area contributed by atoms with E-state index in [1.807, 2.05) is 0 Å². The molecule has 2 heterocycles. The number of anilines is 2. The quantitative estimate of drug-likeness (QED) is 0.643. The molecule has 3 N–H and O–H groups in total. The van der Waals surface area contributed by atoms with Crippen molar-refractivity contribution in [2.75, 3.05) is 11.1 Å². The third-order valence-electron chi connectivity index (χ3n) is 3.73. The lowest BCUT2D eigenvalue weighted by Crippen LogP contribution is -2.14. The van der Waals surface area contributed by atoms with Gasteiger partial charge in [-0.1, -0.05) is 12.1 Å². The van der Waals surface area contributed by atoms with E-state index in [1.165, 1.54) is 19.2 Å². The summed E-state index contributed by atoms with van der Waals surface area (Å²) in [7, 11) is 1.38. The minimum atomic E-state index is -4.56. The molecule has 0 radical (unpaired) electrons. The molecule has 0 aliphatic carbocycles. The Bertz CT molecular complexity index is 1020. The summed E-state index contributed by atoms with van der Waals surface area (Å²) in [6.07, 6.45) is -4.56. The third kappa shape index (κ3) is 3.95. The van der Waals surface area contributed by atoms with E-state index in [1.54, 1.807) is 24.3 Å². The van der Waals surface area contributed by atoms with E-state index in [9.17, 15) is 18.0 Å². The van der Waals surface area contributed by atoms with Crippen LogP contribution in [-0.2, 0) is 13.2 Å². The van der Waals surface area contributed by atoms with Gasteiger partial charge in [-0.2, -0.15) is 18.3 Å². The molecule has 0 atom stereocenters. The fraction of sp³-hybridized carbons (Fsp3) is 0.118. The molecular weight excluding hydrogens is 427 g/mol. The summed E-state index contributed by atoms with van der Waals surface area (Å²) in [5.41, 5.74) is 5.71. The fourth-order valence-electron chi connectivity index (χ4n) is 2.45. The van der Waals surface area contributed by atoms with Gasteiger partial charge in [0, 0.05) is 17.1 Å². The number of nitrogen functional groups attached to an aromatic ring is 1. The topological polar surface area (TPSA) is 85.8 Å². The number of hydrogen-bond donors (Lipinski definition) is 2. The molecule has 0 aliphatic rings. The Morgan fingerprint density at radius 2 is 1.93 bits per heavy atom. The highest BCUT2D eigenvalue weighted by Gasteiger charge is 2.35. The maximum Gasteiger partial charge on any atom is 0.435 e. The first kappa shape index (κ1) is 18.9. The average molecular weight is 440 g/mol. The minimum Gasteiger partial charge on any atom is -0.383 e. The van der Waals surface area contributed by atoms with Crippen LogP contribution in [0.2, 0.25) is 0 Å². The van der Waals surface area contributed by atoms with Crippen molar-refractivity contribution < 1.29 is 18.0 Å². The predicted octanol–water partition coefficient (Wildman–Crippen LogP) is 4.10. The summed E-state index contributed by atoms with van der Waals surface area (Å²) in [5, 5.41) is 6.05. The number of carbonyl (C=O) groups is 1. The largest absolute Gasteiger partial charge is 0.435 e. The standard InChI is InChI=1S/C17H13BrF3N5O/c1-26-12(8-13(25-26)17(19,20)21)10-6-7-14(23-15(10)22)24-16(27)9-4-2-3-5-11(9)18/h2-8H,1H3,(H3,22,23,24,27). The minimum absolute atomic E-state index is 0.0309. The number of carbonyl (C=O) groups excluding carboxylic acids is 1. The maximum atomic E-state index is 12.8. The number of benzene rings is 1. The van der Waals surface area contributed by atoms with Gasteiger partial charge in [0.25, 0.3) is 5.91 Å². The SMILES string of the molecule is Cn1nc(C(F)(F)F)cc1-c1ccc(NC(=O)c2ccccc2Br)nc1N. The summed E-state index contributed by atoms with van der Waals surface area (Å²) in [5.74, 6) is -0.256. The van der Waals surface area contributed by atoms with Crippen LogP contribution in [0.1, 0.15) is 16.1 Å². The van der Waals surface area contributed by atoms with E-state index < -0.39 is 17.8 Å². The molecule has 0 bridgehead atoms. The molecule has 1 amide bonds. The molecule has 3 rings (SSSR count). The van der Waals surface area contributed by atoms with Gasteiger partial charge in [0.1, 0.15) is 11.6 Å². The number of nitrogens with two attached hydrogens (primary N) is 1. The summed E-state index contributed by atoms with van der Waals surface area (Å²) in [6, 6.07) is 10.7. The normalized spacial score (nSPS) is 11.4. The number of pyridine rings is 1. The molecule has 0 saturated carbocycles. The smallest absolute Gasteiger partial charge is 0.383 e. The first-order chi connectivity index (χ1) is 12.7. The summed E-state index contributed by atoms with van der Waals surface area (Å²) < 4.78 is 40.2. The Balaban J connectivity index is 1.88. The predicted molar refractivity (Wildman–Crippen MR) is 97.9 cm³/mol. The van der Waals surface area contributed by atoms with Crippen LogP contribution in [0.5, 0.6) is 0 Å². The van der Waals surface area contributed by atoms with Crippen LogP contribution in [0.4, 0.5) is 24.8 Å². The van der Waals surface area contributed by atoms with Gasteiger partial charge < -0.3 is 11.1 Å². The number of nitrogens with one attached hydrogen (secondary N) is 1. The van der Waals surface area contributed by atoms with Gasteiger partial charge in [-0.3, -0.25) is 9.48 Å². The van der Waals surface area contributed by atoms with Gasteiger partial charge >= 0.3 is 6.18 Å². The fourth-order valence-corrected chi connectivity index (χ4v) is 2.91. The van der Waals surface area contributed by atoms with Gasteiger partial charge in [0.05, 0.1) is 11.3 Å². The maximum absolute atomic E-state index is 12.8. The first-order valence-corrected chi connectivity index (χ1v) is 8.40. The zero-order chi connectivity index (χ0) is 19.8. The van der Waals surface area contributed by atoms with Gasteiger partial charge in [0.2, 0.25) is 0 Å². The van der Waals surface area contributed by atoms with Crippen LogP contribution in [0.3, 0.4) is 0 Å². The van der Waals surface area contributed by atoms with E-state index in [2.05, 4.69) is 31.3 Å². The van der Waals surface area contributed by atoms with Crippen molar-refractivity contribution in [1.82, 2.24) is 14.8 Å². The number of aromatic nitrogens is 3. The van der Waals surface area contributed by atoms with E-state index in [4.69, 9.17) is 5.73 Å². The van der Waals surface area contributed by atoms with Gasteiger partial charge in [0.15, 0.2) is 5.69 Å². The van der Waals surface area contributed by atoms with Crippen LogP contribution in [0.25, 0.3) is 11.3 Å². The van der Waals surface area contributed by atoms with E-state index >= 15 is 0 Å². The molecule has 0 unspecified atom stereocenters. The van der Waals surface area contributed by atoms with Crippen molar-refractivity contribution in [3.8, 4) is 11.3 Å². The molecule has 0 aliphatic heterocycles. The van der Waals surface area contributed by atoms with Gasteiger partial charge in [-0.05, 0) is 46.3 Å². The average Bonchev–Trinajstić information content (AvgIpc) is 2.97. The lowest BCUT2D eigenvalue weighted by atomic mass is 10.1. The Morgan fingerprint density at radius 3 is 2.52 bits per heavy atom. The van der Waals surface area contributed by atoms with Crippen molar-refractivity contribution in [3.05, 3.63) is 58.2 Å². The van der Waals surface area contributed by atoms with E-state index in [0.29, 0.717) is 10.0 Å². The monoisotopic (exact) mass is 439 g/mol. The molecule has 6 nitrogen and oxygen atoms in total. The van der Waals surface area contributed by atoms with E-state index in [0.717, 1.165) is 10.7 Å². The number of halogens is 4. The number of alkyl halides is 3. The lowest BCUT2D eigenvalue weighted by Gasteiger charge is -2.09. The number of amides is 1. The molecule has 140 valence electrons. The van der Waals surface area contributed by atoms with Crippen LogP contribution >= 0.6 is 15.9 Å². The molecule has 10 heteroatoms. The number of rotatable bonds is 3. The Labute approximate surface area is 160 Å². The summed E-state index contributed by atoms with van der Waals surface area (Å²) in [4.78, 5) is 16.4. The Hall–Kier alpha value is -2.88. The Kier molecular flexibility index (Phi) is 4.92. The van der Waals surface area contributed by atoms with Crippen molar-refractivity contribution in [1.29, 1.82) is 0 Å². The Morgan fingerprint density at radius 1 is 1.22 bits per heavy atom. The number of nitrogens with zero attached hydrogens (tertiary/aromatic N) is 3. The van der Waals surface area contributed by atoms with Crippen LogP contribution in [-0.4, -0.2) is 20.7 Å². The van der Waals surface area contributed by atoms with Crippen molar-refractivity contribution in [2.24, 2.45) is 7.05 Å². The second kappa shape index (κ2) is 7.03. The third-order valence-corrected chi connectivity index (χ3v) is 4.42. The second-order valence-corrected chi connectivity index (χ2v) is 6.45. The molecule has 2 aromatic heterocycles. The van der Waals surface area contributed by atoms with Gasteiger partial charge in [-0.15, -0.1) is 0 Å². The molecular formula is C17H13BrF3N5O. The van der Waals surface area contributed by atoms with E-state index in [-0.39, 0.29) is 22.9 Å². The molecule has 27 heavy (non-hydrogen) atoms. The highest BCUT2D eigenvalue weighted by molar-refractivity contribution is 9.10. The summed E-state index contributed by atoms with van der Waals surface area (Å²) in [6.45, 7) is 0. The summed E-state index contributed by atoms with van der Waals surface area (Å²) >= 11 is 3.29. The lowest BCUT2D eigenvalue weighted by molar-refractivity contribution is -0.141. The molecule has 0 saturated heterocycles. The number of hydrogen-bond acceptors (Lipinski definition) is 4. The molecule has 0 fully saturated rings. The molecule has 1 aromatic carbocycles. The molecule has 0 spiro atoms. The van der Waals surface area contributed by atoms with Crippen LogP contribution in [0.15, 0.2) is 46.9 Å². The van der Waals surface area contributed by atoms with Gasteiger partial charge in [-0.25, -0.2) is 4.98 Å². The molecule has 3 aromatic rings. The zero-order valence-corrected chi connectivity index (χ0v) is 15.5. The second-order valence-electron chi connectivity index (χ2n) is 5.60. The van der Waals surface area contributed by atoms with Crippen molar-refractivity contribution in [3.63, 3.8) is 0 Å². The zero-order valence-electron chi connectivity index (χ0n) is 13.9. The number of aryl methyl sites for hydroxylation is 1. The van der Waals surface area contributed by atoms with Crippen LogP contribution in [0, 0.1) is 0 Å². The van der Waals surface area contributed by atoms with Crippen molar-refractivity contribution >= 4 is 33.5 Å². The van der Waals surface area contributed by atoms with Crippen molar-refractivity contribution in [2.45, 2.75) is 6.18 Å².